The molecule has 0 aliphatic carbocycles. The lowest BCUT2D eigenvalue weighted by Crippen LogP contribution is -2.26. The number of aromatic nitrogens is 3. The summed E-state index contributed by atoms with van der Waals surface area (Å²) >= 11 is 5.73. The SMILES string of the molecule is Cc1ccnc2c1n(C(C)(C)C)c(=S)n2C(C)(C)C. The van der Waals surface area contributed by atoms with E-state index in [9.17, 15) is 0 Å². The molecule has 0 aliphatic heterocycles. The van der Waals surface area contributed by atoms with E-state index in [4.69, 9.17) is 12.2 Å². The molecule has 0 amide bonds. The van der Waals surface area contributed by atoms with Crippen LogP contribution in [0.5, 0.6) is 0 Å². The number of nitrogens with zero attached hydrogens (tertiary/aromatic N) is 3. The first-order valence-electron chi connectivity index (χ1n) is 6.65. The zero-order valence-corrected chi connectivity index (χ0v) is 13.7. The molecule has 2 heterocycles. The molecule has 0 fully saturated rings. The molecule has 0 saturated carbocycles. The number of rotatable bonds is 0. The number of fused-ring (bicyclic) bond motifs is 1. The lowest BCUT2D eigenvalue weighted by Gasteiger charge is -2.24. The average Bonchev–Trinajstić information content (AvgIpc) is 2.50. The molecule has 0 bridgehead atoms. The fourth-order valence-electron chi connectivity index (χ4n) is 2.49. The molecule has 0 aromatic carbocycles. The van der Waals surface area contributed by atoms with E-state index in [1.165, 1.54) is 5.56 Å². The standard InChI is InChI=1S/C15H23N3S/c1-10-8-9-16-12-11(10)17(14(2,3)4)13(19)18(12)15(5,6)7/h8-9H,1-7H3. The molecule has 0 atom stereocenters. The van der Waals surface area contributed by atoms with Gasteiger partial charge in [-0.15, -0.1) is 0 Å². The molecule has 0 unspecified atom stereocenters. The summed E-state index contributed by atoms with van der Waals surface area (Å²) in [5.41, 5.74) is 3.21. The summed E-state index contributed by atoms with van der Waals surface area (Å²) in [7, 11) is 0. The van der Waals surface area contributed by atoms with E-state index in [1.54, 1.807) is 0 Å². The Kier molecular flexibility index (Phi) is 3.13. The lowest BCUT2D eigenvalue weighted by molar-refractivity contribution is 0.360. The molecule has 0 radical (unpaired) electrons. The van der Waals surface area contributed by atoms with Crippen LogP contribution in [-0.4, -0.2) is 14.1 Å². The van der Waals surface area contributed by atoms with Gasteiger partial charge in [-0.1, -0.05) is 0 Å². The highest BCUT2D eigenvalue weighted by molar-refractivity contribution is 7.71. The second-order valence-electron chi connectivity index (χ2n) is 7.10. The maximum atomic E-state index is 5.73. The van der Waals surface area contributed by atoms with Crippen LogP contribution in [0, 0.1) is 11.7 Å². The fourth-order valence-corrected chi connectivity index (χ4v) is 3.21. The normalized spacial score (nSPS) is 13.2. The van der Waals surface area contributed by atoms with Crippen LogP contribution in [0.25, 0.3) is 11.2 Å². The number of hydrogen-bond donors (Lipinski definition) is 0. The van der Waals surface area contributed by atoms with Crippen LogP contribution in [-0.2, 0) is 11.1 Å². The van der Waals surface area contributed by atoms with Crippen molar-refractivity contribution < 1.29 is 0 Å². The van der Waals surface area contributed by atoms with Crippen LogP contribution < -0.4 is 0 Å². The van der Waals surface area contributed by atoms with Crippen molar-refractivity contribution >= 4 is 23.4 Å². The van der Waals surface area contributed by atoms with Gasteiger partial charge in [-0.2, -0.15) is 0 Å². The molecule has 3 nitrogen and oxygen atoms in total. The minimum Gasteiger partial charge on any atom is -0.310 e. The third-order valence-corrected chi connectivity index (χ3v) is 3.63. The van der Waals surface area contributed by atoms with Gasteiger partial charge in [-0.25, -0.2) is 4.98 Å². The van der Waals surface area contributed by atoms with Gasteiger partial charge in [-0.05, 0) is 72.3 Å². The number of imidazole rings is 1. The Bertz CT molecular complexity index is 678. The highest BCUT2D eigenvalue weighted by Gasteiger charge is 2.27. The molecule has 104 valence electrons. The van der Waals surface area contributed by atoms with E-state index in [2.05, 4.69) is 62.6 Å². The molecule has 0 spiro atoms. The van der Waals surface area contributed by atoms with Gasteiger partial charge in [0.2, 0.25) is 0 Å². The summed E-state index contributed by atoms with van der Waals surface area (Å²) in [4.78, 5) is 4.58. The van der Waals surface area contributed by atoms with Crippen molar-refractivity contribution in [3.8, 4) is 0 Å². The third-order valence-electron chi connectivity index (χ3n) is 3.27. The van der Waals surface area contributed by atoms with Gasteiger partial charge in [0.25, 0.3) is 0 Å². The van der Waals surface area contributed by atoms with Crippen LogP contribution in [0.2, 0.25) is 0 Å². The van der Waals surface area contributed by atoms with Gasteiger partial charge >= 0.3 is 0 Å². The van der Waals surface area contributed by atoms with Crippen LogP contribution >= 0.6 is 12.2 Å². The highest BCUT2D eigenvalue weighted by atomic mass is 32.1. The molecular formula is C15H23N3S. The Morgan fingerprint density at radius 2 is 1.53 bits per heavy atom. The van der Waals surface area contributed by atoms with E-state index in [0.29, 0.717) is 0 Å². The predicted octanol–water partition coefficient (Wildman–Crippen LogP) is 4.39. The first kappa shape index (κ1) is 14.3. The molecule has 0 saturated heterocycles. The van der Waals surface area contributed by atoms with Crippen molar-refractivity contribution in [1.29, 1.82) is 0 Å². The zero-order chi connectivity index (χ0) is 14.6. The van der Waals surface area contributed by atoms with E-state index >= 15 is 0 Å². The molecule has 0 aliphatic rings. The minimum atomic E-state index is -0.0768. The van der Waals surface area contributed by atoms with Crippen molar-refractivity contribution in [2.24, 2.45) is 0 Å². The van der Waals surface area contributed by atoms with Gasteiger partial charge in [0.15, 0.2) is 10.4 Å². The number of pyridine rings is 1. The predicted molar refractivity (Wildman–Crippen MR) is 83.3 cm³/mol. The summed E-state index contributed by atoms with van der Waals surface area (Å²) < 4.78 is 5.23. The van der Waals surface area contributed by atoms with E-state index < -0.39 is 0 Å². The summed E-state index contributed by atoms with van der Waals surface area (Å²) in [6.07, 6.45) is 1.86. The van der Waals surface area contributed by atoms with Crippen LogP contribution in [0.1, 0.15) is 47.1 Å². The molecule has 2 aromatic heterocycles. The Morgan fingerprint density at radius 1 is 1.00 bits per heavy atom. The summed E-state index contributed by atoms with van der Waals surface area (Å²) in [6, 6.07) is 2.05. The largest absolute Gasteiger partial charge is 0.310 e. The summed E-state index contributed by atoms with van der Waals surface area (Å²) in [5, 5.41) is 0. The first-order valence-corrected chi connectivity index (χ1v) is 7.06. The smallest absolute Gasteiger partial charge is 0.182 e. The maximum Gasteiger partial charge on any atom is 0.182 e. The van der Waals surface area contributed by atoms with Crippen LogP contribution in [0.15, 0.2) is 12.3 Å². The highest BCUT2D eigenvalue weighted by Crippen LogP contribution is 2.30. The van der Waals surface area contributed by atoms with Crippen molar-refractivity contribution in [3.63, 3.8) is 0 Å². The van der Waals surface area contributed by atoms with Crippen LogP contribution in [0.4, 0.5) is 0 Å². The Morgan fingerprint density at radius 3 is 2.00 bits per heavy atom. The van der Waals surface area contributed by atoms with Crippen molar-refractivity contribution in [2.45, 2.75) is 59.5 Å². The van der Waals surface area contributed by atoms with Crippen LogP contribution in [0.3, 0.4) is 0 Å². The average molecular weight is 277 g/mol. The van der Waals surface area contributed by atoms with Gasteiger partial charge < -0.3 is 4.57 Å². The Hall–Kier alpha value is -1.16. The van der Waals surface area contributed by atoms with E-state index in [-0.39, 0.29) is 11.1 Å². The monoisotopic (exact) mass is 277 g/mol. The number of aryl methyl sites for hydroxylation is 1. The zero-order valence-electron chi connectivity index (χ0n) is 12.9. The van der Waals surface area contributed by atoms with Gasteiger partial charge in [-0.3, -0.25) is 4.57 Å². The first-order chi connectivity index (χ1) is 8.55. The van der Waals surface area contributed by atoms with Crippen molar-refractivity contribution in [2.75, 3.05) is 0 Å². The van der Waals surface area contributed by atoms with E-state index in [1.807, 2.05) is 12.3 Å². The molecule has 4 heteroatoms. The van der Waals surface area contributed by atoms with Gasteiger partial charge in [0.05, 0.1) is 5.52 Å². The minimum absolute atomic E-state index is 0.0559. The maximum absolute atomic E-state index is 5.73. The summed E-state index contributed by atoms with van der Waals surface area (Å²) in [5.74, 6) is 0. The Balaban J connectivity index is 3.07. The second kappa shape index (κ2) is 4.17. The molecule has 2 aromatic rings. The van der Waals surface area contributed by atoms with Crippen molar-refractivity contribution in [3.05, 3.63) is 22.6 Å². The summed E-state index contributed by atoms with van der Waals surface area (Å²) in [6.45, 7) is 15.2. The topological polar surface area (TPSA) is 22.8 Å². The third kappa shape index (κ3) is 2.22. The van der Waals surface area contributed by atoms with E-state index in [0.717, 1.165) is 15.9 Å². The number of hydrogen-bond acceptors (Lipinski definition) is 2. The molecule has 0 N–H and O–H groups in total. The van der Waals surface area contributed by atoms with Gasteiger partial charge in [0.1, 0.15) is 0 Å². The second-order valence-corrected chi connectivity index (χ2v) is 7.46. The molecule has 19 heavy (non-hydrogen) atoms. The quantitative estimate of drug-likeness (QED) is 0.667. The fraction of sp³-hybridized carbons (Fsp3) is 0.600. The Labute approximate surface area is 120 Å². The van der Waals surface area contributed by atoms with Crippen molar-refractivity contribution in [1.82, 2.24) is 14.1 Å². The van der Waals surface area contributed by atoms with Gasteiger partial charge in [0, 0.05) is 17.3 Å². The molecule has 2 rings (SSSR count). The molecular weight excluding hydrogens is 254 g/mol. The lowest BCUT2D eigenvalue weighted by atomic mass is 10.1.